The summed E-state index contributed by atoms with van der Waals surface area (Å²) in [6.07, 6.45) is -5.26. The minimum absolute atomic E-state index is 0.0254. The van der Waals surface area contributed by atoms with Crippen LogP contribution in [0.5, 0.6) is 5.75 Å². The van der Waals surface area contributed by atoms with Crippen LogP contribution in [-0.4, -0.2) is 26.7 Å². The number of nitrogens with one attached hydrogen (secondary N) is 1. The molecular weight excluding hydrogens is 355 g/mol. The first kappa shape index (κ1) is 18.4. The van der Waals surface area contributed by atoms with Crippen LogP contribution in [0.25, 0.3) is 0 Å². The van der Waals surface area contributed by atoms with Crippen molar-refractivity contribution in [1.29, 1.82) is 0 Å². The summed E-state index contributed by atoms with van der Waals surface area (Å²) in [6.45, 7) is 3.31. The summed E-state index contributed by atoms with van der Waals surface area (Å²) in [5, 5.41) is 0.135. The Balaban J connectivity index is 2.27. The molecule has 2 rings (SSSR count). The van der Waals surface area contributed by atoms with Crippen LogP contribution in [0.4, 0.5) is 13.2 Å². The smallest absolute Gasteiger partial charge is 0.390 e. The molecule has 130 valence electrons. The van der Waals surface area contributed by atoms with Gasteiger partial charge in [0, 0.05) is 18.0 Å². The lowest BCUT2D eigenvalue weighted by atomic mass is 10.1. The van der Waals surface area contributed by atoms with E-state index in [-0.39, 0.29) is 22.4 Å². The van der Waals surface area contributed by atoms with Crippen LogP contribution in [0.1, 0.15) is 32.3 Å². The first-order valence-electron chi connectivity index (χ1n) is 7.10. The Morgan fingerprint density at radius 3 is 2.65 bits per heavy atom. The monoisotopic (exact) mass is 371 g/mol. The van der Waals surface area contributed by atoms with Gasteiger partial charge >= 0.3 is 6.18 Å². The molecule has 2 atom stereocenters. The molecule has 1 heterocycles. The van der Waals surface area contributed by atoms with Gasteiger partial charge in [-0.05, 0) is 25.5 Å². The van der Waals surface area contributed by atoms with Crippen LogP contribution < -0.4 is 9.46 Å². The van der Waals surface area contributed by atoms with Gasteiger partial charge in [-0.25, -0.2) is 13.1 Å². The highest BCUT2D eigenvalue weighted by Gasteiger charge is 2.34. The fraction of sp³-hybridized carbons (Fsp3) is 0.571. The third-order valence-electron chi connectivity index (χ3n) is 3.52. The van der Waals surface area contributed by atoms with Gasteiger partial charge in [0.2, 0.25) is 10.0 Å². The summed E-state index contributed by atoms with van der Waals surface area (Å²) in [4.78, 5) is -0.153. The Kier molecular flexibility index (Phi) is 5.18. The Labute approximate surface area is 138 Å². The molecule has 4 nitrogen and oxygen atoms in total. The zero-order chi connectivity index (χ0) is 17.4. The van der Waals surface area contributed by atoms with E-state index in [2.05, 4.69) is 4.72 Å². The van der Waals surface area contributed by atoms with E-state index in [0.29, 0.717) is 17.7 Å². The highest BCUT2D eigenvalue weighted by molar-refractivity contribution is 7.89. The van der Waals surface area contributed by atoms with Gasteiger partial charge in [0.05, 0.1) is 16.3 Å². The first-order valence-corrected chi connectivity index (χ1v) is 8.96. The lowest BCUT2D eigenvalue weighted by Crippen LogP contribution is -2.37. The summed E-state index contributed by atoms with van der Waals surface area (Å²) in [6, 6.07) is 1.37. The van der Waals surface area contributed by atoms with Crippen molar-refractivity contribution in [1.82, 2.24) is 4.72 Å². The number of benzene rings is 1. The summed E-state index contributed by atoms with van der Waals surface area (Å²) in [5.74, 6) is 0.431. The molecule has 0 bridgehead atoms. The molecule has 1 N–H and O–H groups in total. The number of hydrogen-bond acceptors (Lipinski definition) is 3. The maximum atomic E-state index is 12.5. The molecule has 0 radical (unpaired) electrons. The van der Waals surface area contributed by atoms with Crippen LogP contribution in [0.15, 0.2) is 17.0 Å². The van der Waals surface area contributed by atoms with E-state index in [9.17, 15) is 21.6 Å². The Hall–Kier alpha value is -0.990. The van der Waals surface area contributed by atoms with Gasteiger partial charge in [-0.15, -0.1) is 0 Å². The molecule has 1 aliphatic heterocycles. The van der Waals surface area contributed by atoms with Crippen molar-refractivity contribution < 1.29 is 26.3 Å². The predicted molar refractivity (Wildman–Crippen MR) is 80.3 cm³/mol. The molecule has 0 spiro atoms. The normalized spacial score (nSPS) is 19.3. The summed E-state index contributed by atoms with van der Waals surface area (Å²) < 4.78 is 69.7. The van der Waals surface area contributed by atoms with E-state index in [1.165, 1.54) is 19.1 Å². The summed E-state index contributed by atoms with van der Waals surface area (Å²) in [5.41, 5.74) is 0.634. The summed E-state index contributed by atoms with van der Waals surface area (Å²) in [7, 11) is -4.10. The molecule has 1 aromatic rings. The quantitative estimate of drug-likeness (QED) is 0.859. The largest absolute Gasteiger partial charge is 0.489 e. The van der Waals surface area contributed by atoms with E-state index in [1.54, 1.807) is 0 Å². The fourth-order valence-corrected chi connectivity index (χ4v) is 4.19. The van der Waals surface area contributed by atoms with Crippen LogP contribution >= 0.6 is 11.6 Å². The first-order chi connectivity index (χ1) is 10.5. The van der Waals surface area contributed by atoms with Gasteiger partial charge in [-0.2, -0.15) is 13.2 Å². The Morgan fingerprint density at radius 2 is 2.09 bits per heavy atom. The second-order valence-corrected chi connectivity index (χ2v) is 7.69. The van der Waals surface area contributed by atoms with Crippen LogP contribution in [0.2, 0.25) is 5.02 Å². The SMILES string of the molecule is CCC(CC(F)(F)F)NS(=O)(=O)c1cc(Cl)c2c(c1)CC(C)O2. The number of sulfonamides is 1. The van der Waals surface area contributed by atoms with E-state index < -0.39 is 28.7 Å². The van der Waals surface area contributed by atoms with Gasteiger partial charge in [0.25, 0.3) is 0 Å². The molecule has 0 aromatic heterocycles. The number of fused-ring (bicyclic) bond motifs is 1. The maximum absolute atomic E-state index is 12.5. The fourth-order valence-electron chi connectivity index (χ4n) is 2.45. The van der Waals surface area contributed by atoms with E-state index >= 15 is 0 Å². The number of hydrogen-bond donors (Lipinski definition) is 1. The topological polar surface area (TPSA) is 55.4 Å². The van der Waals surface area contributed by atoms with Gasteiger partial charge in [-0.1, -0.05) is 18.5 Å². The molecule has 0 aliphatic carbocycles. The van der Waals surface area contributed by atoms with Gasteiger partial charge in [0.15, 0.2) is 0 Å². The molecule has 0 saturated carbocycles. The van der Waals surface area contributed by atoms with Gasteiger partial charge in [-0.3, -0.25) is 0 Å². The number of halogens is 4. The van der Waals surface area contributed by atoms with Crippen molar-refractivity contribution in [2.45, 2.75) is 56.3 Å². The molecule has 0 saturated heterocycles. The van der Waals surface area contributed by atoms with Crippen molar-refractivity contribution in [3.05, 3.63) is 22.7 Å². The molecule has 23 heavy (non-hydrogen) atoms. The van der Waals surface area contributed by atoms with Crippen LogP contribution in [-0.2, 0) is 16.4 Å². The van der Waals surface area contributed by atoms with Crippen LogP contribution in [0, 0.1) is 0 Å². The van der Waals surface area contributed by atoms with E-state index in [4.69, 9.17) is 16.3 Å². The van der Waals surface area contributed by atoms with Crippen molar-refractivity contribution in [2.24, 2.45) is 0 Å². The molecule has 9 heteroatoms. The number of rotatable bonds is 5. The number of ether oxygens (including phenoxy) is 1. The molecular formula is C14H17ClF3NO3S. The zero-order valence-corrected chi connectivity index (χ0v) is 14.1. The van der Waals surface area contributed by atoms with Crippen molar-refractivity contribution >= 4 is 21.6 Å². The maximum Gasteiger partial charge on any atom is 0.390 e. The van der Waals surface area contributed by atoms with E-state index in [1.807, 2.05) is 6.92 Å². The molecule has 0 fully saturated rings. The van der Waals surface area contributed by atoms with Crippen molar-refractivity contribution in [2.75, 3.05) is 0 Å². The van der Waals surface area contributed by atoms with Crippen molar-refractivity contribution in [3.8, 4) is 5.75 Å². The predicted octanol–water partition coefficient (Wildman–Crippen LogP) is 3.67. The Bertz CT molecular complexity index is 691. The second-order valence-electron chi connectivity index (χ2n) is 5.57. The second kappa shape index (κ2) is 6.49. The van der Waals surface area contributed by atoms with Gasteiger partial charge in [0.1, 0.15) is 11.9 Å². The molecule has 0 amide bonds. The zero-order valence-electron chi connectivity index (χ0n) is 12.6. The lowest BCUT2D eigenvalue weighted by Gasteiger charge is -2.19. The average Bonchev–Trinajstić information content (AvgIpc) is 2.77. The highest BCUT2D eigenvalue weighted by Crippen LogP contribution is 2.38. The molecule has 1 aliphatic rings. The Morgan fingerprint density at radius 1 is 1.43 bits per heavy atom. The van der Waals surface area contributed by atoms with Crippen molar-refractivity contribution in [3.63, 3.8) is 0 Å². The minimum atomic E-state index is -4.44. The highest BCUT2D eigenvalue weighted by atomic mass is 35.5. The van der Waals surface area contributed by atoms with E-state index in [0.717, 1.165) is 0 Å². The van der Waals surface area contributed by atoms with Crippen LogP contribution in [0.3, 0.4) is 0 Å². The average molecular weight is 372 g/mol. The summed E-state index contributed by atoms with van der Waals surface area (Å²) >= 11 is 6.03. The van der Waals surface area contributed by atoms with Gasteiger partial charge < -0.3 is 4.74 Å². The third kappa shape index (κ3) is 4.51. The molecule has 1 aromatic carbocycles. The third-order valence-corrected chi connectivity index (χ3v) is 5.30. The standard InChI is InChI=1S/C14H17ClF3NO3S/c1-3-10(7-14(16,17)18)19-23(20,21)11-5-9-4-8(2)22-13(9)12(15)6-11/h5-6,8,10,19H,3-4,7H2,1-2H3. The molecule has 2 unspecified atom stereocenters. The number of alkyl halides is 3. The lowest BCUT2D eigenvalue weighted by molar-refractivity contribution is -0.139. The minimum Gasteiger partial charge on any atom is -0.489 e.